The molecule has 104 valence electrons. The van der Waals surface area contributed by atoms with E-state index in [2.05, 4.69) is 22.1 Å². The standard InChI is InChI=1S/C15H18N4O/c1-11-10-14-16-15(18(2)8-9-20-3)12-6-4-5-7-13(12)19(14)17-11/h4-7,10H,8-9H2,1-3H3. The summed E-state index contributed by atoms with van der Waals surface area (Å²) in [7, 11) is 3.75. The molecule has 3 aromatic rings. The zero-order chi connectivity index (χ0) is 14.1. The van der Waals surface area contributed by atoms with Crippen LogP contribution in [0.25, 0.3) is 16.6 Å². The monoisotopic (exact) mass is 270 g/mol. The number of aryl methyl sites for hydroxylation is 1. The van der Waals surface area contributed by atoms with Gasteiger partial charge in [0.15, 0.2) is 5.65 Å². The van der Waals surface area contributed by atoms with Crippen molar-refractivity contribution in [2.75, 3.05) is 32.2 Å². The molecular formula is C15H18N4O. The minimum absolute atomic E-state index is 0.677. The van der Waals surface area contributed by atoms with E-state index in [1.807, 2.05) is 36.7 Å². The third-order valence-electron chi connectivity index (χ3n) is 3.40. The highest BCUT2D eigenvalue weighted by Crippen LogP contribution is 2.25. The van der Waals surface area contributed by atoms with Crippen LogP contribution in [0.2, 0.25) is 0 Å². The molecule has 0 spiro atoms. The molecule has 0 radical (unpaired) electrons. The molecule has 2 aromatic heterocycles. The largest absolute Gasteiger partial charge is 0.383 e. The van der Waals surface area contributed by atoms with Gasteiger partial charge in [-0.25, -0.2) is 9.50 Å². The fourth-order valence-corrected chi connectivity index (χ4v) is 2.38. The second-order valence-corrected chi connectivity index (χ2v) is 4.92. The number of benzene rings is 1. The third kappa shape index (κ3) is 2.10. The lowest BCUT2D eigenvalue weighted by Crippen LogP contribution is -2.23. The van der Waals surface area contributed by atoms with Crippen LogP contribution >= 0.6 is 0 Å². The molecule has 0 atom stereocenters. The SMILES string of the molecule is COCCN(C)c1nc2cc(C)nn2c2ccccc12. The second kappa shape index (κ2) is 5.09. The Morgan fingerprint density at radius 1 is 1.30 bits per heavy atom. The number of methoxy groups -OCH3 is 1. The lowest BCUT2D eigenvalue weighted by Gasteiger charge is -2.19. The Morgan fingerprint density at radius 2 is 2.10 bits per heavy atom. The number of hydrogen-bond donors (Lipinski definition) is 0. The molecule has 0 aliphatic heterocycles. The molecule has 2 heterocycles. The molecule has 0 amide bonds. The van der Waals surface area contributed by atoms with Gasteiger partial charge < -0.3 is 9.64 Å². The van der Waals surface area contributed by atoms with Crippen LogP contribution in [0, 0.1) is 6.92 Å². The van der Waals surface area contributed by atoms with Gasteiger partial charge in [-0.3, -0.25) is 0 Å². The summed E-state index contributed by atoms with van der Waals surface area (Å²) < 4.78 is 7.05. The van der Waals surface area contributed by atoms with Crippen molar-refractivity contribution in [1.82, 2.24) is 14.6 Å². The van der Waals surface area contributed by atoms with Crippen molar-refractivity contribution >= 4 is 22.4 Å². The molecular weight excluding hydrogens is 252 g/mol. The molecule has 5 heteroatoms. The number of hydrogen-bond acceptors (Lipinski definition) is 4. The molecule has 5 nitrogen and oxygen atoms in total. The fourth-order valence-electron chi connectivity index (χ4n) is 2.38. The molecule has 0 aliphatic carbocycles. The first-order valence-electron chi connectivity index (χ1n) is 6.66. The summed E-state index contributed by atoms with van der Waals surface area (Å²) in [5, 5.41) is 5.61. The van der Waals surface area contributed by atoms with Crippen LogP contribution in [0.1, 0.15) is 5.69 Å². The second-order valence-electron chi connectivity index (χ2n) is 4.92. The molecule has 0 fully saturated rings. The lowest BCUT2D eigenvalue weighted by molar-refractivity contribution is 0.206. The summed E-state index contributed by atoms with van der Waals surface area (Å²) in [6, 6.07) is 10.2. The van der Waals surface area contributed by atoms with E-state index in [1.165, 1.54) is 0 Å². The Morgan fingerprint density at radius 3 is 2.90 bits per heavy atom. The van der Waals surface area contributed by atoms with Crippen molar-refractivity contribution in [2.24, 2.45) is 0 Å². The summed E-state index contributed by atoms with van der Waals surface area (Å²) >= 11 is 0. The van der Waals surface area contributed by atoms with Gasteiger partial charge in [0.2, 0.25) is 0 Å². The van der Waals surface area contributed by atoms with E-state index in [0.717, 1.165) is 34.6 Å². The van der Waals surface area contributed by atoms with E-state index < -0.39 is 0 Å². The average Bonchev–Trinajstić information content (AvgIpc) is 2.84. The quantitative estimate of drug-likeness (QED) is 0.729. The van der Waals surface area contributed by atoms with Crippen molar-refractivity contribution in [3.8, 4) is 0 Å². The number of likely N-dealkylation sites (N-methyl/N-ethyl adjacent to an activating group) is 1. The highest BCUT2D eigenvalue weighted by Gasteiger charge is 2.12. The van der Waals surface area contributed by atoms with Gasteiger partial charge in [-0.05, 0) is 19.1 Å². The van der Waals surface area contributed by atoms with Crippen LogP contribution in [-0.4, -0.2) is 41.9 Å². The Bertz CT molecular complexity index is 750. The van der Waals surface area contributed by atoms with Crippen molar-refractivity contribution < 1.29 is 4.74 Å². The molecule has 1 aromatic carbocycles. The van der Waals surface area contributed by atoms with Crippen molar-refractivity contribution in [3.63, 3.8) is 0 Å². The van der Waals surface area contributed by atoms with Crippen LogP contribution in [0.5, 0.6) is 0 Å². The predicted octanol–water partition coefficient (Wildman–Crippen LogP) is 2.27. The van der Waals surface area contributed by atoms with Crippen molar-refractivity contribution in [3.05, 3.63) is 36.0 Å². The molecule has 0 N–H and O–H groups in total. The molecule has 0 unspecified atom stereocenters. The summed E-state index contributed by atoms with van der Waals surface area (Å²) in [4.78, 5) is 6.87. The number of aromatic nitrogens is 3. The van der Waals surface area contributed by atoms with Crippen molar-refractivity contribution in [1.29, 1.82) is 0 Å². The van der Waals surface area contributed by atoms with Gasteiger partial charge in [0.1, 0.15) is 5.82 Å². The van der Waals surface area contributed by atoms with Gasteiger partial charge in [-0.1, -0.05) is 12.1 Å². The number of nitrogens with zero attached hydrogens (tertiary/aromatic N) is 4. The number of anilines is 1. The molecule has 0 bridgehead atoms. The zero-order valence-corrected chi connectivity index (χ0v) is 12.0. The summed E-state index contributed by atoms with van der Waals surface area (Å²) in [5.41, 5.74) is 2.92. The Balaban J connectivity index is 2.23. The van der Waals surface area contributed by atoms with Crippen LogP contribution in [0.4, 0.5) is 5.82 Å². The maximum absolute atomic E-state index is 5.15. The topological polar surface area (TPSA) is 42.7 Å². The highest BCUT2D eigenvalue weighted by molar-refractivity contribution is 5.91. The molecule has 0 saturated heterocycles. The molecule has 20 heavy (non-hydrogen) atoms. The van der Waals surface area contributed by atoms with E-state index in [-0.39, 0.29) is 0 Å². The Kier molecular flexibility index (Phi) is 3.28. The van der Waals surface area contributed by atoms with Gasteiger partial charge in [0.25, 0.3) is 0 Å². The van der Waals surface area contributed by atoms with Crippen molar-refractivity contribution in [2.45, 2.75) is 6.92 Å². The summed E-state index contributed by atoms with van der Waals surface area (Å²) in [6.07, 6.45) is 0. The van der Waals surface area contributed by atoms with E-state index in [4.69, 9.17) is 9.72 Å². The maximum atomic E-state index is 5.15. The van der Waals surface area contributed by atoms with Gasteiger partial charge in [-0.2, -0.15) is 5.10 Å². The van der Waals surface area contributed by atoms with E-state index in [9.17, 15) is 0 Å². The van der Waals surface area contributed by atoms with Gasteiger partial charge in [-0.15, -0.1) is 0 Å². The number of rotatable bonds is 4. The van der Waals surface area contributed by atoms with Gasteiger partial charge in [0.05, 0.1) is 17.8 Å². The normalized spacial score (nSPS) is 11.3. The number of ether oxygens (including phenoxy) is 1. The average molecular weight is 270 g/mol. The summed E-state index contributed by atoms with van der Waals surface area (Å²) in [5.74, 6) is 0.963. The van der Waals surface area contributed by atoms with Crippen LogP contribution < -0.4 is 4.90 Å². The Labute approximate surface area is 117 Å². The highest BCUT2D eigenvalue weighted by atomic mass is 16.5. The zero-order valence-electron chi connectivity index (χ0n) is 12.0. The van der Waals surface area contributed by atoms with Crippen LogP contribution in [0.3, 0.4) is 0 Å². The lowest BCUT2D eigenvalue weighted by atomic mass is 10.2. The first-order chi connectivity index (χ1) is 9.70. The van der Waals surface area contributed by atoms with E-state index in [1.54, 1.807) is 7.11 Å². The van der Waals surface area contributed by atoms with Crippen LogP contribution in [-0.2, 0) is 4.74 Å². The van der Waals surface area contributed by atoms with Gasteiger partial charge >= 0.3 is 0 Å². The first kappa shape index (κ1) is 12.9. The smallest absolute Gasteiger partial charge is 0.158 e. The van der Waals surface area contributed by atoms with E-state index in [0.29, 0.717) is 6.61 Å². The fraction of sp³-hybridized carbons (Fsp3) is 0.333. The summed E-state index contributed by atoms with van der Waals surface area (Å²) in [6.45, 7) is 3.46. The van der Waals surface area contributed by atoms with Gasteiger partial charge in [0, 0.05) is 32.2 Å². The minimum atomic E-state index is 0.677. The predicted molar refractivity (Wildman–Crippen MR) is 80.4 cm³/mol. The maximum Gasteiger partial charge on any atom is 0.158 e. The van der Waals surface area contributed by atoms with Crippen LogP contribution in [0.15, 0.2) is 30.3 Å². The minimum Gasteiger partial charge on any atom is -0.383 e. The van der Waals surface area contributed by atoms with E-state index >= 15 is 0 Å². The molecule has 0 saturated carbocycles. The number of para-hydroxylation sites is 1. The number of fused-ring (bicyclic) bond motifs is 3. The molecule has 3 rings (SSSR count). The Hall–Kier alpha value is -2.14. The third-order valence-corrected chi connectivity index (χ3v) is 3.40. The first-order valence-corrected chi connectivity index (χ1v) is 6.66. The molecule has 0 aliphatic rings.